The zero-order valence-electron chi connectivity index (χ0n) is 14.6. The van der Waals surface area contributed by atoms with Gasteiger partial charge < -0.3 is 9.73 Å². The molecule has 0 saturated heterocycles. The summed E-state index contributed by atoms with van der Waals surface area (Å²) in [5, 5.41) is 3.91. The van der Waals surface area contributed by atoms with Gasteiger partial charge in [0.1, 0.15) is 11.4 Å². The molecule has 0 bridgehead atoms. The largest absolute Gasteiger partial charge is 0.422 e. The van der Waals surface area contributed by atoms with E-state index in [1.54, 1.807) is 31.2 Å². The summed E-state index contributed by atoms with van der Waals surface area (Å²) in [4.78, 5) is 29.0. The molecule has 0 atom stereocenters. The van der Waals surface area contributed by atoms with Gasteiger partial charge in [-0.3, -0.25) is 4.79 Å². The van der Waals surface area contributed by atoms with Crippen LogP contribution < -0.4 is 10.9 Å². The minimum atomic E-state index is -0.435. The van der Waals surface area contributed by atoms with Crippen molar-refractivity contribution in [2.75, 3.05) is 5.32 Å². The number of para-hydroxylation sites is 1. The van der Waals surface area contributed by atoms with Crippen molar-refractivity contribution in [3.8, 4) is 0 Å². The lowest BCUT2D eigenvalue weighted by atomic mass is 10.1. The first-order valence-electron chi connectivity index (χ1n) is 8.49. The van der Waals surface area contributed by atoms with Crippen LogP contribution >= 0.6 is 0 Å². The number of hydrogen-bond acceptors (Lipinski definition) is 4. The Bertz CT molecular complexity index is 1240. The summed E-state index contributed by atoms with van der Waals surface area (Å²) in [5.74, 6) is 0.0934. The molecule has 0 saturated carbocycles. The van der Waals surface area contributed by atoms with Crippen LogP contribution in [0.3, 0.4) is 0 Å². The van der Waals surface area contributed by atoms with Crippen LogP contribution in [0.4, 0.5) is 5.82 Å². The van der Waals surface area contributed by atoms with Gasteiger partial charge in [-0.1, -0.05) is 42.5 Å². The number of anilines is 1. The summed E-state index contributed by atoms with van der Waals surface area (Å²) >= 11 is 0. The molecule has 132 valence electrons. The Morgan fingerprint density at radius 3 is 2.63 bits per heavy atom. The SMILES string of the molecule is Cc1cc(NC(=O)/C=C\c2ccccc2)nc2c1c(=O)oc1ccccc12. The Morgan fingerprint density at radius 1 is 1.07 bits per heavy atom. The van der Waals surface area contributed by atoms with E-state index in [1.807, 2.05) is 42.5 Å². The molecule has 27 heavy (non-hydrogen) atoms. The normalized spacial score (nSPS) is 11.3. The lowest BCUT2D eigenvalue weighted by Crippen LogP contribution is -2.11. The summed E-state index contributed by atoms with van der Waals surface area (Å²) < 4.78 is 5.37. The Balaban J connectivity index is 1.72. The fourth-order valence-electron chi connectivity index (χ4n) is 3.00. The second-order valence-electron chi connectivity index (χ2n) is 6.17. The molecule has 1 N–H and O–H groups in total. The van der Waals surface area contributed by atoms with Crippen molar-refractivity contribution < 1.29 is 9.21 Å². The first kappa shape index (κ1) is 16.7. The van der Waals surface area contributed by atoms with Crippen molar-refractivity contribution in [1.82, 2.24) is 4.98 Å². The van der Waals surface area contributed by atoms with E-state index in [4.69, 9.17) is 4.42 Å². The predicted octanol–water partition coefficient (Wildman–Crippen LogP) is 4.30. The Hall–Kier alpha value is -3.73. The number of hydrogen-bond donors (Lipinski definition) is 1. The Morgan fingerprint density at radius 2 is 1.81 bits per heavy atom. The number of carbonyl (C=O) groups is 1. The van der Waals surface area contributed by atoms with Crippen LogP contribution in [0.25, 0.3) is 27.9 Å². The van der Waals surface area contributed by atoms with Crippen molar-refractivity contribution in [1.29, 1.82) is 0 Å². The molecule has 0 radical (unpaired) electrons. The van der Waals surface area contributed by atoms with Crippen molar-refractivity contribution in [2.45, 2.75) is 6.92 Å². The summed E-state index contributed by atoms with van der Waals surface area (Å²) in [6.45, 7) is 1.80. The summed E-state index contributed by atoms with van der Waals surface area (Å²) in [6, 6.07) is 18.4. The van der Waals surface area contributed by atoms with Crippen LogP contribution in [-0.2, 0) is 4.79 Å². The number of amides is 1. The van der Waals surface area contributed by atoms with Crippen LogP contribution in [0.5, 0.6) is 0 Å². The molecule has 0 unspecified atom stereocenters. The molecule has 4 aromatic rings. The Labute approximate surface area is 155 Å². The van der Waals surface area contributed by atoms with Gasteiger partial charge in [0.25, 0.3) is 0 Å². The number of fused-ring (bicyclic) bond motifs is 3. The fourth-order valence-corrected chi connectivity index (χ4v) is 3.00. The molecule has 2 heterocycles. The van der Waals surface area contributed by atoms with Crippen LogP contribution in [0, 0.1) is 6.92 Å². The molecule has 5 nitrogen and oxygen atoms in total. The number of nitrogens with zero attached hydrogens (tertiary/aromatic N) is 1. The minimum absolute atomic E-state index is 0.294. The monoisotopic (exact) mass is 356 g/mol. The molecule has 1 amide bonds. The highest BCUT2D eigenvalue weighted by Crippen LogP contribution is 2.25. The summed E-state index contributed by atoms with van der Waals surface area (Å²) in [7, 11) is 0. The lowest BCUT2D eigenvalue weighted by Gasteiger charge is -2.08. The van der Waals surface area contributed by atoms with Gasteiger partial charge in [0.15, 0.2) is 0 Å². The van der Waals surface area contributed by atoms with Crippen molar-refractivity contribution in [2.24, 2.45) is 0 Å². The second-order valence-corrected chi connectivity index (χ2v) is 6.17. The number of benzene rings is 2. The standard InChI is InChI=1S/C22H16N2O3/c1-14-13-18(23-19(25)12-11-15-7-3-2-4-8-15)24-21-16-9-5-6-10-17(16)27-22(26)20(14)21/h2-13H,1H3,(H,23,24,25)/b12-11-. The number of nitrogens with one attached hydrogen (secondary N) is 1. The van der Waals surface area contributed by atoms with Gasteiger partial charge in [0, 0.05) is 11.5 Å². The quantitative estimate of drug-likeness (QED) is 0.337. The third-order valence-electron chi connectivity index (χ3n) is 4.24. The second kappa shape index (κ2) is 6.88. The third-order valence-corrected chi connectivity index (χ3v) is 4.24. The van der Waals surface area contributed by atoms with E-state index < -0.39 is 5.63 Å². The maximum Gasteiger partial charge on any atom is 0.346 e. The maximum atomic E-state index is 12.3. The highest BCUT2D eigenvalue weighted by atomic mass is 16.4. The topological polar surface area (TPSA) is 72.2 Å². The molecular weight excluding hydrogens is 340 g/mol. The van der Waals surface area contributed by atoms with Crippen molar-refractivity contribution in [3.63, 3.8) is 0 Å². The minimum Gasteiger partial charge on any atom is -0.422 e. The van der Waals surface area contributed by atoms with Gasteiger partial charge in [0.05, 0.1) is 10.9 Å². The van der Waals surface area contributed by atoms with E-state index in [0.717, 1.165) is 10.9 Å². The number of carbonyl (C=O) groups excluding carboxylic acids is 1. The van der Waals surface area contributed by atoms with E-state index in [0.29, 0.717) is 27.9 Å². The van der Waals surface area contributed by atoms with Crippen molar-refractivity contribution in [3.05, 3.63) is 88.3 Å². The average Bonchev–Trinajstić information content (AvgIpc) is 2.67. The molecule has 5 heteroatoms. The molecule has 0 aliphatic rings. The highest BCUT2D eigenvalue weighted by Gasteiger charge is 2.13. The summed E-state index contributed by atoms with van der Waals surface area (Å²) in [5.41, 5.74) is 2.18. The molecular formula is C22H16N2O3. The molecule has 2 aromatic heterocycles. The highest BCUT2D eigenvalue weighted by molar-refractivity contribution is 6.05. The molecule has 0 aliphatic heterocycles. The first-order chi connectivity index (χ1) is 13.1. The van der Waals surface area contributed by atoms with E-state index in [2.05, 4.69) is 10.3 Å². The smallest absolute Gasteiger partial charge is 0.346 e. The van der Waals surface area contributed by atoms with Gasteiger partial charge in [-0.2, -0.15) is 0 Å². The number of rotatable bonds is 3. The fraction of sp³-hybridized carbons (Fsp3) is 0.0455. The van der Waals surface area contributed by atoms with E-state index in [-0.39, 0.29) is 5.91 Å². The Kier molecular flexibility index (Phi) is 4.26. The predicted molar refractivity (Wildman–Crippen MR) is 107 cm³/mol. The van der Waals surface area contributed by atoms with Crippen LogP contribution in [0.2, 0.25) is 0 Å². The summed E-state index contributed by atoms with van der Waals surface area (Å²) in [6.07, 6.45) is 3.18. The molecule has 0 fully saturated rings. The lowest BCUT2D eigenvalue weighted by molar-refractivity contribution is -0.111. The van der Waals surface area contributed by atoms with Gasteiger partial charge in [-0.15, -0.1) is 0 Å². The van der Waals surface area contributed by atoms with Gasteiger partial charge >= 0.3 is 5.63 Å². The van der Waals surface area contributed by atoms with Gasteiger partial charge in [0.2, 0.25) is 5.91 Å². The van der Waals surface area contributed by atoms with Crippen LogP contribution in [-0.4, -0.2) is 10.9 Å². The third kappa shape index (κ3) is 3.35. The number of pyridine rings is 1. The number of aromatic nitrogens is 1. The van der Waals surface area contributed by atoms with E-state index >= 15 is 0 Å². The van der Waals surface area contributed by atoms with Crippen LogP contribution in [0.15, 0.2) is 76.0 Å². The molecule has 4 rings (SSSR count). The van der Waals surface area contributed by atoms with E-state index in [1.165, 1.54) is 6.08 Å². The van der Waals surface area contributed by atoms with E-state index in [9.17, 15) is 9.59 Å². The average molecular weight is 356 g/mol. The molecule has 0 spiro atoms. The molecule has 2 aromatic carbocycles. The zero-order valence-corrected chi connectivity index (χ0v) is 14.6. The first-order valence-corrected chi connectivity index (χ1v) is 8.49. The molecule has 0 aliphatic carbocycles. The maximum absolute atomic E-state index is 12.3. The van der Waals surface area contributed by atoms with Crippen LogP contribution in [0.1, 0.15) is 11.1 Å². The number of aryl methyl sites for hydroxylation is 1. The van der Waals surface area contributed by atoms with Gasteiger partial charge in [-0.25, -0.2) is 9.78 Å². The zero-order chi connectivity index (χ0) is 18.8. The van der Waals surface area contributed by atoms with Gasteiger partial charge in [-0.05, 0) is 42.3 Å². The van der Waals surface area contributed by atoms with Crippen molar-refractivity contribution >= 4 is 39.7 Å².